The first-order chi connectivity index (χ1) is 11.0. The Labute approximate surface area is 140 Å². The van der Waals surface area contributed by atoms with E-state index < -0.39 is 0 Å². The minimum absolute atomic E-state index is 0.0122. The molecule has 3 rings (SSSR count). The highest BCUT2D eigenvalue weighted by atomic mass is 35.5. The highest BCUT2D eigenvalue weighted by molar-refractivity contribution is 6.30. The monoisotopic (exact) mass is 331 g/mol. The fourth-order valence-electron chi connectivity index (χ4n) is 3.13. The summed E-state index contributed by atoms with van der Waals surface area (Å²) in [5.74, 6) is -0.287. The molecule has 1 aliphatic rings. The van der Waals surface area contributed by atoms with E-state index in [1.165, 1.54) is 0 Å². The number of aromatic nitrogens is 1. The molecule has 0 atom stereocenters. The highest BCUT2D eigenvalue weighted by Gasteiger charge is 2.26. The maximum Gasteiger partial charge on any atom is 0.311 e. The number of aryl methyl sites for hydroxylation is 2. The van der Waals surface area contributed by atoms with Crippen molar-refractivity contribution < 1.29 is 14.3 Å². The molecule has 0 saturated carbocycles. The van der Waals surface area contributed by atoms with Crippen molar-refractivity contribution in [2.45, 2.75) is 26.2 Å². The quantitative estimate of drug-likeness (QED) is 0.812. The number of carbonyl (C=O) groups excluding carboxylic acids is 2. The molecule has 4 nitrogen and oxygen atoms in total. The lowest BCUT2D eigenvalue weighted by atomic mass is 10.0. The standard InChI is InChI=1S/C18H18ClNO3/c1-3-23-16(21)10-14-9-12-5-4-11-8-13(19)6-7-15(11)18(22)17(12)20(14)2/h6-9H,3-5,10H2,1-2H3. The molecule has 0 bridgehead atoms. The van der Waals surface area contributed by atoms with Gasteiger partial charge < -0.3 is 9.30 Å². The molecule has 0 N–H and O–H groups in total. The van der Waals surface area contributed by atoms with Crippen LogP contribution in [0.15, 0.2) is 24.3 Å². The summed E-state index contributed by atoms with van der Waals surface area (Å²) in [6.07, 6.45) is 1.70. The van der Waals surface area contributed by atoms with Gasteiger partial charge in [0.05, 0.1) is 18.7 Å². The first kappa shape index (κ1) is 15.8. The maximum absolute atomic E-state index is 12.9. The Kier molecular flexibility index (Phi) is 4.26. The third-order valence-electron chi connectivity index (χ3n) is 4.23. The predicted molar refractivity (Wildman–Crippen MR) is 88.0 cm³/mol. The molecule has 1 aromatic carbocycles. The fourth-order valence-corrected chi connectivity index (χ4v) is 3.33. The van der Waals surface area contributed by atoms with Gasteiger partial charge in [-0.3, -0.25) is 9.59 Å². The van der Waals surface area contributed by atoms with Gasteiger partial charge in [-0.15, -0.1) is 0 Å². The Bertz CT molecular complexity index is 792. The van der Waals surface area contributed by atoms with E-state index in [0.29, 0.717) is 22.9 Å². The van der Waals surface area contributed by atoms with Gasteiger partial charge in [0, 0.05) is 23.3 Å². The predicted octanol–water partition coefficient (Wildman–Crippen LogP) is 3.11. The Hall–Kier alpha value is -2.07. The molecular formula is C18H18ClNO3. The smallest absolute Gasteiger partial charge is 0.311 e. The van der Waals surface area contributed by atoms with Crippen molar-refractivity contribution in [1.29, 1.82) is 0 Å². The molecule has 1 heterocycles. The van der Waals surface area contributed by atoms with E-state index in [2.05, 4.69) is 0 Å². The third-order valence-corrected chi connectivity index (χ3v) is 4.47. The second kappa shape index (κ2) is 6.20. The first-order valence-electron chi connectivity index (χ1n) is 7.67. The largest absolute Gasteiger partial charge is 0.466 e. The van der Waals surface area contributed by atoms with Crippen molar-refractivity contribution in [3.8, 4) is 0 Å². The summed E-state index contributed by atoms with van der Waals surface area (Å²) in [4.78, 5) is 24.6. The van der Waals surface area contributed by atoms with Crippen LogP contribution in [0.4, 0.5) is 0 Å². The second-order valence-corrected chi connectivity index (χ2v) is 6.12. The third kappa shape index (κ3) is 2.91. The number of hydrogen-bond donors (Lipinski definition) is 0. The molecule has 120 valence electrons. The van der Waals surface area contributed by atoms with E-state index in [1.54, 1.807) is 19.1 Å². The van der Waals surface area contributed by atoms with Crippen LogP contribution in [0, 0.1) is 0 Å². The molecule has 0 saturated heterocycles. The second-order valence-electron chi connectivity index (χ2n) is 5.68. The molecule has 1 aliphatic carbocycles. The molecule has 2 aromatic rings. The van der Waals surface area contributed by atoms with Crippen molar-refractivity contribution in [1.82, 2.24) is 4.57 Å². The summed E-state index contributed by atoms with van der Waals surface area (Å²) in [7, 11) is 1.83. The molecule has 0 amide bonds. The molecule has 0 spiro atoms. The summed E-state index contributed by atoms with van der Waals surface area (Å²) < 4.78 is 6.82. The van der Waals surface area contributed by atoms with E-state index in [0.717, 1.165) is 29.7 Å². The fraction of sp³-hybridized carbons (Fsp3) is 0.333. The molecule has 5 heteroatoms. The number of nitrogens with zero attached hydrogens (tertiary/aromatic N) is 1. The molecule has 0 unspecified atom stereocenters. The van der Waals surface area contributed by atoms with Crippen LogP contribution < -0.4 is 0 Å². The number of esters is 1. The lowest BCUT2D eigenvalue weighted by Gasteiger charge is -2.09. The van der Waals surface area contributed by atoms with E-state index in [4.69, 9.17) is 16.3 Å². The molecule has 0 aliphatic heterocycles. The van der Waals surface area contributed by atoms with Crippen LogP contribution in [0.3, 0.4) is 0 Å². The van der Waals surface area contributed by atoms with Crippen LogP contribution >= 0.6 is 11.6 Å². The zero-order valence-electron chi connectivity index (χ0n) is 13.2. The summed E-state index contributed by atoms with van der Waals surface area (Å²) in [6.45, 7) is 2.14. The number of carbonyl (C=O) groups is 2. The van der Waals surface area contributed by atoms with Gasteiger partial charge in [-0.1, -0.05) is 11.6 Å². The van der Waals surface area contributed by atoms with Gasteiger partial charge >= 0.3 is 5.97 Å². The van der Waals surface area contributed by atoms with Gasteiger partial charge in [0.15, 0.2) is 0 Å². The van der Waals surface area contributed by atoms with Crippen molar-refractivity contribution in [2.75, 3.05) is 6.61 Å². The normalized spacial score (nSPS) is 13.3. The molecular weight excluding hydrogens is 314 g/mol. The lowest BCUT2D eigenvalue weighted by Crippen LogP contribution is -2.14. The average molecular weight is 332 g/mol. The minimum Gasteiger partial charge on any atom is -0.466 e. The number of fused-ring (bicyclic) bond motifs is 2. The zero-order valence-corrected chi connectivity index (χ0v) is 13.9. The topological polar surface area (TPSA) is 48.3 Å². The lowest BCUT2D eigenvalue weighted by molar-refractivity contribution is -0.142. The number of ketones is 1. The summed E-state index contributed by atoms with van der Waals surface area (Å²) in [5.41, 5.74) is 4.11. The summed E-state index contributed by atoms with van der Waals surface area (Å²) in [6, 6.07) is 7.33. The zero-order chi connectivity index (χ0) is 16.6. The van der Waals surface area contributed by atoms with Crippen LogP contribution in [0.2, 0.25) is 5.02 Å². The van der Waals surface area contributed by atoms with Gasteiger partial charge in [-0.05, 0) is 55.2 Å². The van der Waals surface area contributed by atoms with Crippen molar-refractivity contribution >= 4 is 23.4 Å². The number of hydrogen-bond acceptors (Lipinski definition) is 3. The minimum atomic E-state index is -0.275. The van der Waals surface area contributed by atoms with E-state index >= 15 is 0 Å². The Morgan fingerprint density at radius 1 is 1.26 bits per heavy atom. The first-order valence-corrected chi connectivity index (χ1v) is 8.05. The van der Waals surface area contributed by atoms with Crippen LogP contribution in [-0.2, 0) is 35.8 Å². The van der Waals surface area contributed by atoms with Crippen LogP contribution in [-0.4, -0.2) is 22.9 Å². The van der Waals surface area contributed by atoms with Gasteiger partial charge in [0.25, 0.3) is 0 Å². The van der Waals surface area contributed by atoms with Crippen molar-refractivity contribution in [2.24, 2.45) is 7.05 Å². The van der Waals surface area contributed by atoms with Gasteiger partial charge in [-0.2, -0.15) is 0 Å². The SMILES string of the molecule is CCOC(=O)Cc1cc2c(n1C)C(=O)c1ccc(Cl)cc1CC2. The summed E-state index contributed by atoms with van der Waals surface area (Å²) in [5, 5.41) is 0.644. The van der Waals surface area contributed by atoms with E-state index in [9.17, 15) is 9.59 Å². The number of ether oxygens (including phenoxy) is 1. The van der Waals surface area contributed by atoms with Crippen molar-refractivity contribution in [3.63, 3.8) is 0 Å². The highest BCUT2D eigenvalue weighted by Crippen LogP contribution is 2.28. The summed E-state index contributed by atoms with van der Waals surface area (Å²) >= 11 is 6.04. The number of rotatable bonds is 3. The molecule has 23 heavy (non-hydrogen) atoms. The Morgan fingerprint density at radius 2 is 2.00 bits per heavy atom. The number of benzene rings is 1. The van der Waals surface area contributed by atoms with E-state index in [1.807, 2.05) is 23.7 Å². The Balaban J connectivity index is 2.00. The Morgan fingerprint density at radius 3 is 2.74 bits per heavy atom. The molecule has 1 aromatic heterocycles. The molecule has 0 fully saturated rings. The van der Waals surface area contributed by atoms with Gasteiger partial charge in [0.1, 0.15) is 0 Å². The van der Waals surface area contributed by atoms with Crippen LogP contribution in [0.5, 0.6) is 0 Å². The number of halogens is 1. The maximum atomic E-state index is 12.9. The van der Waals surface area contributed by atoms with Gasteiger partial charge in [0.2, 0.25) is 5.78 Å². The average Bonchev–Trinajstić information content (AvgIpc) is 2.73. The molecule has 0 radical (unpaired) electrons. The van der Waals surface area contributed by atoms with Gasteiger partial charge in [-0.25, -0.2) is 0 Å². The van der Waals surface area contributed by atoms with E-state index in [-0.39, 0.29) is 18.2 Å². The van der Waals surface area contributed by atoms with Crippen LogP contribution in [0.1, 0.15) is 39.8 Å². The van der Waals surface area contributed by atoms with Crippen LogP contribution in [0.25, 0.3) is 0 Å². The van der Waals surface area contributed by atoms with Crippen molar-refractivity contribution in [3.05, 3.63) is 57.4 Å².